The van der Waals surface area contributed by atoms with Gasteiger partial charge in [-0.15, -0.1) is 0 Å². The van der Waals surface area contributed by atoms with Crippen LogP contribution in [0.3, 0.4) is 0 Å². The molecule has 1 aliphatic rings. The average molecular weight is 357 g/mol. The number of rotatable bonds is 5. The number of carbonyl (C=O) groups excluding carboxylic acids is 2. The van der Waals surface area contributed by atoms with E-state index < -0.39 is 5.97 Å². The first kappa shape index (κ1) is 15.8. The minimum absolute atomic E-state index is 0.0605. The third-order valence-electron chi connectivity index (χ3n) is 3.12. The van der Waals surface area contributed by atoms with Crippen LogP contribution in [0.25, 0.3) is 0 Å². The van der Waals surface area contributed by atoms with Gasteiger partial charge in [0, 0.05) is 23.3 Å². The molecule has 6 nitrogen and oxygen atoms in total. The Kier molecular flexibility index (Phi) is 5.58. The van der Waals surface area contributed by atoms with E-state index in [-0.39, 0.29) is 24.2 Å². The summed E-state index contributed by atoms with van der Waals surface area (Å²) >= 11 is 3.25. The number of hydrogen-bond acceptors (Lipinski definition) is 5. The predicted molar refractivity (Wildman–Crippen MR) is 80.8 cm³/mol. The molecule has 1 atom stereocenters. The molecule has 0 spiro atoms. The Morgan fingerprint density at radius 3 is 3.00 bits per heavy atom. The highest BCUT2D eigenvalue weighted by molar-refractivity contribution is 9.10. The first-order chi connectivity index (χ1) is 10.1. The van der Waals surface area contributed by atoms with Crippen LogP contribution in [0.15, 0.2) is 22.7 Å². The SMILES string of the molecule is Nc1ccc(Br)cc1C(=O)OCC(=O)NC[C@H]1CCCO1. The van der Waals surface area contributed by atoms with E-state index >= 15 is 0 Å². The van der Waals surface area contributed by atoms with E-state index in [1.165, 1.54) is 0 Å². The molecule has 21 heavy (non-hydrogen) atoms. The lowest BCUT2D eigenvalue weighted by Gasteiger charge is -2.11. The monoisotopic (exact) mass is 356 g/mol. The van der Waals surface area contributed by atoms with Crippen molar-refractivity contribution in [2.75, 3.05) is 25.5 Å². The summed E-state index contributed by atoms with van der Waals surface area (Å²) < 4.78 is 11.0. The fourth-order valence-corrected chi connectivity index (χ4v) is 2.36. The number of nitrogen functional groups attached to an aromatic ring is 1. The van der Waals surface area contributed by atoms with Crippen molar-refractivity contribution in [3.63, 3.8) is 0 Å². The van der Waals surface area contributed by atoms with Gasteiger partial charge in [0.1, 0.15) is 0 Å². The Morgan fingerprint density at radius 1 is 1.48 bits per heavy atom. The van der Waals surface area contributed by atoms with Gasteiger partial charge in [0.2, 0.25) is 0 Å². The van der Waals surface area contributed by atoms with E-state index in [4.69, 9.17) is 15.2 Å². The fourth-order valence-electron chi connectivity index (χ4n) is 2.00. The quantitative estimate of drug-likeness (QED) is 0.615. The summed E-state index contributed by atoms with van der Waals surface area (Å²) in [4.78, 5) is 23.5. The number of benzene rings is 1. The van der Waals surface area contributed by atoms with E-state index in [1.54, 1.807) is 18.2 Å². The Labute approximate surface area is 131 Å². The molecular formula is C14H17BrN2O4. The summed E-state index contributed by atoms with van der Waals surface area (Å²) in [6, 6.07) is 4.88. The van der Waals surface area contributed by atoms with Crippen molar-refractivity contribution in [1.82, 2.24) is 5.32 Å². The lowest BCUT2D eigenvalue weighted by atomic mass is 10.2. The lowest BCUT2D eigenvalue weighted by Crippen LogP contribution is -2.34. The summed E-state index contributed by atoms with van der Waals surface area (Å²) in [5.74, 6) is -0.978. The third kappa shape index (κ3) is 4.71. The number of hydrogen-bond donors (Lipinski definition) is 2. The summed E-state index contributed by atoms with van der Waals surface area (Å²) in [5, 5.41) is 2.68. The highest BCUT2D eigenvalue weighted by Gasteiger charge is 2.17. The van der Waals surface area contributed by atoms with Crippen LogP contribution in [0.5, 0.6) is 0 Å². The number of nitrogens with two attached hydrogens (primary N) is 1. The number of esters is 1. The van der Waals surface area contributed by atoms with Gasteiger partial charge in [0.05, 0.1) is 11.7 Å². The summed E-state index contributed by atoms with van der Waals surface area (Å²) in [7, 11) is 0. The molecular weight excluding hydrogens is 340 g/mol. The standard InChI is InChI=1S/C14H17BrN2O4/c15-9-3-4-12(16)11(6-9)14(19)21-8-13(18)17-7-10-2-1-5-20-10/h3-4,6,10H,1-2,5,7-8,16H2,(H,17,18)/t10-/m1/s1. The van der Waals surface area contributed by atoms with Crippen molar-refractivity contribution >= 4 is 33.5 Å². The molecule has 0 unspecified atom stereocenters. The molecule has 1 fully saturated rings. The van der Waals surface area contributed by atoms with Crippen molar-refractivity contribution in [3.05, 3.63) is 28.2 Å². The van der Waals surface area contributed by atoms with Gasteiger partial charge in [0.25, 0.3) is 5.91 Å². The van der Waals surface area contributed by atoms with Crippen LogP contribution < -0.4 is 11.1 Å². The van der Waals surface area contributed by atoms with Gasteiger partial charge in [-0.2, -0.15) is 0 Å². The minimum Gasteiger partial charge on any atom is -0.452 e. The van der Waals surface area contributed by atoms with E-state index in [0.29, 0.717) is 16.7 Å². The Morgan fingerprint density at radius 2 is 2.29 bits per heavy atom. The second-order valence-electron chi connectivity index (χ2n) is 4.75. The third-order valence-corrected chi connectivity index (χ3v) is 3.61. The predicted octanol–water partition coefficient (Wildman–Crippen LogP) is 1.48. The van der Waals surface area contributed by atoms with Gasteiger partial charge < -0.3 is 20.5 Å². The number of amides is 1. The number of ether oxygens (including phenoxy) is 2. The van der Waals surface area contributed by atoms with E-state index in [9.17, 15) is 9.59 Å². The molecule has 0 saturated carbocycles. The number of anilines is 1. The molecule has 0 aromatic heterocycles. The molecule has 114 valence electrons. The first-order valence-corrected chi connectivity index (χ1v) is 7.46. The fraction of sp³-hybridized carbons (Fsp3) is 0.429. The van der Waals surface area contributed by atoms with Crippen LogP contribution in [-0.2, 0) is 14.3 Å². The summed E-state index contributed by atoms with van der Waals surface area (Å²) in [6.07, 6.45) is 2.01. The highest BCUT2D eigenvalue weighted by atomic mass is 79.9. The molecule has 0 radical (unpaired) electrons. The molecule has 1 saturated heterocycles. The van der Waals surface area contributed by atoms with Crippen LogP contribution in [0.4, 0.5) is 5.69 Å². The zero-order valence-corrected chi connectivity index (χ0v) is 13.0. The van der Waals surface area contributed by atoms with Gasteiger partial charge in [-0.1, -0.05) is 15.9 Å². The van der Waals surface area contributed by atoms with Gasteiger partial charge >= 0.3 is 5.97 Å². The van der Waals surface area contributed by atoms with Crippen molar-refractivity contribution in [2.24, 2.45) is 0 Å². The number of halogens is 1. The maximum Gasteiger partial charge on any atom is 0.340 e. The lowest BCUT2D eigenvalue weighted by molar-refractivity contribution is -0.124. The molecule has 0 bridgehead atoms. The Hall–Kier alpha value is -1.60. The van der Waals surface area contributed by atoms with Crippen molar-refractivity contribution in [3.8, 4) is 0 Å². The van der Waals surface area contributed by atoms with Crippen molar-refractivity contribution < 1.29 is 19.1 Å². The minimum atomic E-state index is -0.624. The maximum absolute atomic E-state index is 11.9. The van der Waals surface area contributed by atoms with E-state index in [1.807, 2.05) is 0 Å². The molecule has 1 amide bonds. The normalized spacial score (nSPS) is 17.5. The summed E-state index contributed by atoms with van der Waals surface area (Å²) in [6.45, 7) is 0.838. The van der Waals surface area contributed by atoms with Crippen LogP contribution in [0, 0.1) is 0 Å². The van der Waals surface area contributed by atoms with Crippen molar-refractivity contribution in [2.45, 2.75) is 18.9 Å². The first-order valence-electron chi connectivity index (χ1n) is 6.66. The summed E-state index contributed by atoms with van der Waals surface area (Å²) in [5.41, 5.74) is 6.24. The second kappa shape index (κ2) is 7.42. The molecule has 7 heteroatoms. The second-order valence-corrected chi connectivity index (χ2v) is 5.66. The van der Waals surface area contributed by atoms with E-state index in [2.05, 4.69) is 21.2 Å². The molecule has 1 heterocycles. The molecule has 3 N–H and O–H groups in total. The molecule has 0 aliphatic carbocycles. The van der Waals surface area contributed by atoms with Gasteiger partial charge in [0.15, 0.2) is 6.61 Å². The van der Waals surface area contributed by atoms with Crippen LogP contribution in [-0.4, -0.2) is 37.7 Å². The van der Waals surface area contributed by atoms with Gasteiger partial charge in [-0.25, -0.2) is 4.79 Å². The molecule has 1 aromatic carbocycles. The molecule has 1 aliphatic heterocycles. The highest BCUT2D eigenvalue weighted by Crippen LogP contribution is 2.19. The van der Waals surface area contributed by atoms with Crippen LogP contribution in [0.1, 0.15) is 23.2 Å². The Balaban J connectivity index is 1.77. The van der Waals surface area contributed by atoms with E-state index in [0.717, 1.165) is 19.4 Å². The largest absolute Gasteiger partial charge is 0.452 e. The smallest absolute Gasteiger partial charge is 0.340 e. The molecule has 1 aromatic rings. The average Bonchev–Trinajstić information content (AvgIpc) is 2.98. The zero-order chi connectivity index (χ0) is 15.2. The Bertz CT molecular complexity index is 530. The van der Waals surface area contributed by atoms with Crippen LogP contribution in [0.2, 0.25) is 0 Å². The van der Waals surface area contributed by atoms with Gasteiger partial charge in [-0.3, -0.25) is 4.79 Å². The van der Waals surface area contributed by atoms with Crippen molar-refractivity contribution in [1.29, 1.82) is 0 Å². The van der Waals surface area contributed by atoms with Gasteiger partial charge in [-0.05, 0) is 31.0 Å². The zero-order valence-electron chi connectivity index (χ0n) is 11.4. The topological polar surface area (TPSA) is 90.7 Å². The molecule has 2 rings (SSSR count). The number of nitrogens with one attached hydrogen (secondary N) is 1. The van der Waals surface area contributed by atoms with Crippen LogP contribution >= 0.6 is 15.9 Å². The maximum atomic E-state index is 11.9. The number of carbonyl (C=O) groups is 2.